The minimum Gasteiger partial charge on any atom is -0.342 e. The number of nitrogens with one attached hydrogen (secondary N) is 1. The minimum atomic E-state index is -2.25. The predicted molar refractivity (Wildman–Crippen MR) is 105 cm³/mol. The van der Waals surface area contributed by atoms with E-state index in [2.05, 4.69) is 5.10 Å². The lowest BCUT2D eigenvalue weighted by atomic mass is 10.2. The van der Waals surface area contributed by atoms with Gasteiger partial charge in [0.2, 0.25) is 5.82 Å². The molecule has 0 radical (unpaired) electrons. The highest BCUT2D eigenvalue weighted by atomic mass is 19.2. The minimum absolute atomic E-state index is 0.214. The second-order valence-electron chi connectivity index (χ2n) is 6.64. The summed E-state index contributed by atoms with van der Waals surface area (Å²) in [5, 5.41) is 4.33. The molecule has 0 aliphatic heterocycles. The molecule has 0 bridgehead atoms. The number of para-hydroxylation sites is 1. The Kier molecular flexibility index (Phi) is 5.41. The molecular formula is C22H13F6N3. The van der Waals surface area contributed by atoms with Crippen molar-refractivity contribution in [3.8, 4) is 0 Å². The average Bonchev–Trinajstić information content (AvgIpc) is 3.12. The van der Waals surface area contributed by atoms with Crippen LogP contribution in [0.3, 0.4) is 0 Å². The fourth-order valence-corrected chi connectivity index (χ4v) is 3.19. The van der Waals surface area contributed by atoms with Crippen LogP contribution < -0.4 is 5.43 Å². The van der Waals surface area contributed by atoms with Crippen LogP contribution >= 0.6 is 0 Å². The van der Waals surface area contributed by atoms with Crippen molar-refractivity contribution in [1.82, 2.24) is 4.57 Å². The molecule has 0 aliphatic rings. The van der Waals surface area contributed by atoms with Crippen molar-refractivity contribution >= 4 is 22.8 Å². The number of hydrazone groups is 1. The van der Waals surface area contributed by atoms with Crippen molar-refractivity contribution in [2.24, 2.45) is 5.10 Å². The zero-order valence-corrected chi connectivity index (χ0v) is 15.6. The van der Waals surface area contributed by atoms with Crippen LogP contribution in [0.1, 0.15) is 11.1 Å². The molecule has 0 aliphatic carbocycles. The number of rotatable bonds is 5. The molecule has 0 spiro atoms. The van der Waals surface area contributed by atoms with E-state index in [1.807, 2.05) is 5.43 Å². The Morgan fingerprint density at radius 3 is 2.10 bits per heavy atom. The van der Waals surface area contributed by atoms with E-state index in [0.29, 0.717) is 16.5 Å². The van der Waals surface area contributed by atoms with Crippen molar-refractivity contribution < 1.29 is 26.3 Å². The molecular weight excluding hydrogens is 420 g/mol. The number of nitrogens with zero attached hydrogens (tertiary/aromatic N) is 2. The molecule has 1 heterocycles. The normalized spacial score (nSPS) is 11.5. The molecule has 3 aromatic carbocycles. The van der Waals surface area contributed by atoms with E-state index in [-0.39, 0.29) is 12.4 Å². The maximum absolute atomic E-state index is 14.0. The van der Waals surface area contributed by atoms with Gasteiger partial charge in [0.1, 0.15) is 11.5 Å². The highest BCUT2D eigenvalue weighted by Crippen LogP contribution is 2.27. The van der Waals surface area contributed by atoms with Gasteiger partial charge in [0.05, 0.1) is 12.8 Å². The van der Waals surface area contributed by atoms with Gasteiger partial charge in [0.25, 0.3) is 0 Å². The Labute approximate surface area is 172 Å². The molecule has 0 saturated heterocycles. The summed E-state index contributed by atoms with van der Waals surface area (Å²) in [4.78, 5) is 0. The van der Waals surface area contributed by atoms with E-state index in [1.165, 1.54) is 12.3 Å². The standard InChI is InChI=1S/C22H13F6N3/c23-15-7-3-1-5-12(15)10-31-11-13(14-6-2-4-8-16(14)31)9-29-30-22-20(27)18(25)17(24)19(26)21(22)28/h1-9,11,30H,10H2/b29-9+. The summed E-state index contributed by atoms with van der Waals surface area (Å²) in [6.07, 6.45) is 2.82. The molecule has 158 valence electrons. The largest absolute Gasteiger partial charge is 0.342 e. The first-order valence-electron chi connectivity index (χ1n) is 9.00. The zero-order chi connectivity index (χ0) is 22.1. The van der Waals surface area contributed by atoms with Crippen LogP contribution in [0.4, 0.5) is 32.0 Å². The summed E-state index contributed by atoms with van der Waals surface area (Å²) in [6, 6.07) is 13.4. The Hall–Kier alpha value is -3.75. The fourth-order valence-electron chi connectivity index (χ4n) is 3.19. The van der Waals surface area contributed by atoms with Crippen LogP contribution in [-0.4, -0.2) is 10.8 Å². The van der Waals surface area contributed by atoms with Crippen molar-refractivity contribution in [2.75, 3.05) is 5.43 Å². The third kappa shape index (κ3) is 3.74. The molecule has 1 N–H and O–H groups in total. The highest BCUT2D eigenvalue weighted by Gasteiger charge is 2.25. The first-order chi connectivity index (χ1) is 14.9. The Morgan fingerprint density at radius 1 is 0.774 bits per heavy atom. The Balaban J connectivity index is 1.67. The van der Waals surface area contributed by atoms with Gasteiger partial charge in [-0.1, -0.05) is 36.4 Å². The van der Waals surface area contributed by atoms with Gasteiger partial charge in [-0.2, -0.15) is 5.10 Å². The quantitative estimate of drug-likeness (QED) is 0.136. The van der Waals surface area contributed by atoms with Gasteiger partial charge in [0.15, 0.2) is 23.3 Å². The van der Waals surface area contributed by atoms with Crippen LogP contribution in [0, 0.1) is 34.9 Å². The summed E-state index contributed by atoms with van der Waals surface area (Å²) in [5.74, 6) is -10.8. The number of aromatic nitrogens is 1. The fraction of sp³-hybridized carbons (Fsp3) is 0.0455. The van der Waals surface area contributed by atoms with E-state index in [1.54, 1.807) is 53.2 Å². The molecule has 0 atom stereocenters. The summed E-state index contributed by atoms with van der Waals surface area (Å²) in [5.41, 5.74) is 2.29. The molecule has 4 rings (SSSR count). The van der Waals surface area contributed by atoms with Gasteiger partial charge >= 0.3 is 0 Å². The second-order valence-corrected chi connectivity index (χ2v) is 6.64. The average molecular weight is 433 g/mol. The van der Waals surface area contributed by atoms with Crippen LogP contribution in [0.5, 0.6) is 0 Å². The second kappa shape index (κ2) is 8.17. The lowest BCUT2D eigenvalue weighted by molar-refractivity contribution is 0.381. The van der Waals surface area contributed by atoms with Gasteiger partial charge < -0.3 is 4.57 Å². The van der Waals surface area contributed by atoms with Gasteiger partial charge in [-0.3, -0.25) is 5.43 Å². The SMILES string of the molecule is Fc1ccccc1Cn1cc(/C=N/Nc2c(F)c(F)c(F)c(F)c2F)c2ccccc21. The molecule has 4 aromatic rings. The van der Waals surface area contributed by atoms with E-state index in [4.69, 9.17) is 0 Å². The van der Waals surface area contributed by atoms with E-state index in [0.717, 1.165) is 5.52 Å². The smallest absolute Gasteiger partial charge is 0.200 e. The van der Waals surface area contributed by atoms with Gasteiger partial charge in [-0.05, 0) is 12.1 Å². The van der Waals surface area contributed by atoms with Crippen molar-refractivity contribution in [1.29, 1.82) is 0 Å². The topological polar surface area (TPSA) is 29.3 Å². The van der Waals surface area contributed by atoms with E-state index >= 15 is 0 Å². The summed E-state index contributed by atoms with van der Waals surface area (Å²) in [6.45, 7) is 0.214. The number of halogens is 6. The lowest BCUT2D eigenvalue weighted by Gasteiger charge is -2.06. The molecule has 0 unspecified atom stereocenters. The molecule has 1 aromatic heterocycles. The van der Waals surface area contributed by atoms with Crippen LogP contribution in [0.25, 0.3) is 10.9 Å². The van der Waals surface area contributed by atoms with Crippen molar-refractivity contribution in [2.45, 2.75) is 6.54 Å². The summed E-state index contributed by atoms with van der Waals surface area (Å²) in [7, 11) is 0. The Bertz CT molecular complexity index is 1280. The number of hydrogen-bond donors (Lipinski definition) is 1. The van der Waals surface area contributed by atoms with Crippen LogP contribution in [-0.2, 0) is 6.54 Å². The third-order valence-electron chi connectivity index (χ3n) is 4.71. The number of benzene rings is 3. The van der Waals surface area contributed by atoms with E-state index < -0.39 is 34.8 Å². The molecule has 31 heavy (non-hydrogen) atoms. The molecule has 3 nitrogen and oxygen atoms in total. The van der Waals surface area contributed by atoms with Gasteiger partial charge in [0, 0.05) is 28.2 Å². The highest BCUT2D eigenvalue weighted by molar-refractivity contribution is 5.99. The maximum Gasteiger partial charge on any atom is 0.200 e. The number of hydrogen-bond acceptors (Lipinski definition) is 2. The molecule has 0 fully saturated rings. The van der Waals surface area contributed by atoms with Gasteiger partial charge in [-0.25, -0.2) is 26.3 Å². The summed E-state index contributed by atoms with van der Waals surface area (Å²) < 4.78 is 83.1. The summed E-state index contributed by atoms with van der Waals surface area (Å²) >= 11 is 0. The van der Waals surface area contributed by atoms with Crippen molar-refractivity contribution in [3.05, 3.63) is 101 Å². The van der Waals surface area contributed by atoms with Crippen LogP contribution in [0.2, 0.25) is 0 Å². The number of anilines is 1. The molecule has 9 heteroatoms. The monoisotopic (exact) mass is 433 g/mol. The van der Waals surface area contributed by atoms with E-state index in [9.17, 15) is 26.3 Å². The number of fused-ring (bicyclic) bond motifs is 1. The van der Waals surface area contributed by atoms with Gasteiger partial charge in [-0.15, -0.1) is 0 Å². The maximum atomic E-state index is 14.0. The molecule has 0 saturated carbocycles. The van der Waals surface area contributed by atoms with Crippen molar-refractivity contribution in [3.63, 3.8) is 0 Å². The van der Waals surface area contributed by atoms with Crippen LogP contribution in [0.15, 0.2) is 59.8 Å². The predicted octanol–water partition coefficient (Wildman–Crippen LogP) is 5.97. The molecule has 0 amide bonds. The first-order valence-corrected chi connectivity index (χ1v) is 9.00. The third-order valence-corrected chi connectivity index (χ3v) is 4.71. The first kappa shape index (κ1) is 20.5. The Morgan fingerprint density at radius 2 is 1.39 bits per heavy atom. The lowest BCUT2D eigenvalue weighted by Crippen LogP contribution is -2.06. The zero-order valence-electron chi connectivity index (χ0n) is 15.6.